The van der Waals surface area contributed by atoms with Crippen molar-refractivity contribution in [1.29, 1.82) is 5.26 Å². The van der Waals surface area contributed by atoms with Crippen LogP contribution in [0.3, 0.4) is 0 Å². The molecular formula is C44H35N3O. The molecule has 0 saturated heterocycles. The molecule has 1 heterocycles. The van der Waals surface area contributed by atoms with Crippen LogP contribution in [0.25, 0.3) is 33.2 Å². The summed E-state index contributed by atoms with van der Waals surface area (Å²) in [6.45, 7) is 13.6. The Bertz CT molecular complexity index is 2000. The van der Waals surface area contributed by atoms with E-state index in [1.807, 2.05) is 51.1 Å². The number of hydrogen-bond donors (Lipinski definition) is 0. The number of benzene rings is 5. The van der Waals surface area contributed by atoms with Gasteiger partial charge in [0.15, 0.2) is 0 Å². The number of allylic oxidation sites excluding steroid dienone is 6. The molecule has 0 N–H and O–H groups in total. The zero-order valence-electron chi connectivity index (χ0n) is 27.3. The second kappa shape index (κ2) is 14.0. The molecular weight excluding hydrogens is 587 g/mol. The van der Waals surface area contributed by atoms with Gasteiger partial charge in [-0.2, -0.15) is 0 Å². The van der Waals surface area contributed by atoms with Gasteiger partial charge in [0.1, 0.15) is 11.5 Å². The summed E-state index contributed by atoms with van der Waals surface area (Å²) in [5.41, 5.74) is 9.14. The van der Waals surface area contributed by atoms with Gasteiger partial charge in [0.05, 0.1) is 12.6 Å². The van der Waals surface area contributed by atoms with Gasteiger partial charge in [0, 0.05) is 22.5 Å². The predicted octanol–water partition coefficient (Wildman–Crippen LogP) is 12.0. The van der Waals surface area contributed by atoms with E-state index in [1.54, 1.807) is 12.2 Å². The molecule has 0 aliphatic carbocycles. The van der Waals surface area contributed by atoms with E-state index in [0.29, 0.717) is 17.1 Å². The summed E-state index contributed by atoms with van der Waals surface area (Å²) < 4.78 is 6.18. The molecule has 4 nitrogen and oxygen atoms in total. The van der Waals surface area contributed by atoms with Crippen LogP contribution in [0.1, 0.15) is 26.3 Å². The fourth-order valence-electron chi connectivity index (χ4n) is 5.49. The van der Waals surface area contributed by atoms with Crippen LogP contribution in [-0.4, -0.2) is 0 Å². The summed E-state index contributed by atoms with van der Waals surface area (Å²) >= 11 is 0. The predicted molar refractivity (Wildman–Crippen MR) is 197 cm³/mol. The molecule has 0 saturated carbocycles. The van der Waals surface area contributed by atoms with Crippen LogP contribution in [0.5, 0.6) is 0 Å². The molecule has 0 fully saturated rings. The van der Waals surface area contributed by atoms with E-state index in [0.717, 1.165) is 22.6 Å². The molecule has 0 atom stereocenters. The monoisotopic (exact) mass is 621 g/mol. The van der Waals surface area contributed by atoms with Crippen molar-refractivity contribution in [3.8, 4) is 28.3 Å². The molecule has 1 aliphatic rings. The smallest absolute Gasteiger partial charge is 0.269 e. The first-order valence-electron chi connectivity index (χ1n) is 15.9. The molecule has 5 aromatic carbocycles. The Morgan fingerprint density at radius 3 is 1.54 bits per heavy atom. The summed E-state index contributed by atoms with van der Waals surface area (Å²) in [6.07, 6.45) is 7.40. The Labute approximate surface area is 283 Å². The second-order valence-electron chi connectivity index (χ2n) is 12.5. The third-order valence-corrected chi connectivity index (χ3v) is 8.10. The third kappa shape index (κ3) is 7.20. The van der Waals surface area contributed by atoms with E-state index in [1.165, 1.54) is 22.3 Å². The highest BCUT2D eigenvalue weighted by atomic mass is 16.5. The van der Waals surface area contributed by atoms with E-state index in [2.05, 4.69) is 131 Å². The highest BCUT2D eigenvalue weighted by Crippen LogP contribution is 2.38. The Kier molecular flexibility index (Phi) is 9.19. The van der Waals surface area contributed by atoms with Crippen LogP contribution >= 0.6 is 0 Å². The minimum atomic E-state index is -0.287. The lowest BCUT2D eigenvalue weighted by molar-refractivity contribution is 0.223. The van der Waals surface area contributed by atoms with Crippen molar-refractivity contribution in [2.24, 2.45) is 5.41 Å². The second-order valence-corrected chi connectivity index (χ2v) is 12.5. The van der Waals surface area contributed by atoms with Crippen LogP contribution in [0.4, 0.5) is 17.1 Å². The summed E-state index contributed by atoms with van der Waals surface area (Å²) in [5, 5.41) is 9.49. The van der Waals surface area contributed by atoms with Gasteiger partial charge in [-0.05, 0) is 88.0 Å². The third-order valence-electron chi connectivity index (χ3n) is 8.10. The molecule has 6 rings (SSSR count). The van der Waals surface area contributed by atoms with Gasteiger partial charge in [0.25, 0.3) is 5.70 Å². The average Bonchev–Trinajstić information content (AvgIpc) is 3.13. The molecule has 0 amide bonds. The van der Waals surface area contributed by atoms with Crippen LogP contribution in [0.2, 0.25) is 0 Å². The molecule has 4 heteroatoms. The molecule has 0 bridgehead atoms. The van der Waals surface area contributed by atoms with E-state index in [4.69, 9.17) is 11.3 Å². The lowest BCUT2D eigenvalue weighted by Gasteiger charge is -2.27. The Balaban J connectivity index is 1.31. The minimum Gasteiger partial charge on any atom is -0.461 e. The van der Waals surface area contributed by atoms with E-state index in [-0.39, 0.29) is 11.1 Å². The molecule has 0 spiro atoms. The van der Waals surface area contributed by atoms with Crippen molar-refractivity contribution >= 4 is 23.1 Å². The SMILES string of the molecule is [C-]#[N+]/C(C#N)=C1C=C(/C=C/c2ccc(N(c3ccc(-c4ccccc4)cc3)c3ccc(-c4ccccc4)cc3)cc2)OC(C(C)(C)C)=C/1. The maximum Gasteiger partial charge on any atom is 0.269 e. The number of rotatable bonds is 7. The average molecular weight is 622 g/mol. The first-order valence-corrected chi connectivity index (χ1v) is 15.9. The molecule has 0 unspecified atom stereocenters. The number of ether oxygens (including phenoxy) is 1. The lowest BCUT2D eigenvalue weighted by atomic mass is 9.91. The van der Waals surface area contributed by atoms with Crippen molar-refractivity contribution < 1.29 is 4.74 Å². The molecule has 1 aliphatic heterocycles. The van der Waals surface area contributed by atoms with Gasteiger partial charge in [-0.1, -0.05) is 124 Å². The quantitative estimate of drug-likeness (QED) is 0.134. The number of nitrogens with zero attached hydrogens (tertiary/aromatic N) is 3. The number of hydrogen-bond acceptors (Lipinski definition) is 3. The summed E-state index contributed by atoms with van der Waals surface area (Å²) in [6, 6.07) is 48.5. The van der Waals surface area contributed by atoms with Crippen molar-refractivity contribution in [2.45, 2.75) is 20.8 Å². The van der Waals surface area contributed by atoms with Gasteiger partial charge in [-0.25, -0.2) is 10.1 Å². The highest BCUT2D eigenvalue weighted by Gasteiger charge is 2.24. The molecule has 0 radical (unpaired) electrons. The fourth-order valence-corrected chi connectivity index (χ4v) is 5.49. The minimum absolute atomic E-state index is 0.0454. The summed E-state index contributed by atoms with van der Waals surface area (Å²) in [7, 11) is 0. The number of anilines is 3. The molecule has 5 aromatic rings. The largest absolute Gasteiger partial charge is 0.461 e. The van der Waals surface area contributed by atoms with Gasteiger partial charge < -0.3 is 9.64 Å². The topological polar surface area (TPSA) is 40.6 Å². The van der Waals surface area contributed by atoms with E-state index >= 15 is 0 Å². The standard InChI is InChI=1S/C44H35N3O/c1-44(2,3)43-30-37(42(31-45)46-4)29-41(48-43)28-17-32-15-22-38(23-16-32)47(39-24-18-35(19-25-39)33-11-7-5-8-12-33)40-26-20-36(21-27-40)34-13-9-6-10-14-34/h5-30H,1-3H3/b28-17+,42-37-. The fraction of sp³-hybridized carbons (Fsp3) is 0.0909. The first-order chi connectivity index (χ1) is 23.3. The van der Waals surface area contributed by atoms with Crippen molar-refractivity contribution in [3.63, 3.8) is 0 Å². The maximum atomic E-state index is 9.49. The van der Waals surface area contributed by atoms with E-state index in [9.17, 15) is 5.26 Å². The van der Waals surface area contributed by atoms with Crippen LogP contribution in [0, 0.1) is 23.3 Å². The summed E-state index contributed by atoms with van der Waals surface area (Å²) in [5.74, 6) is 1.29. The molecule has 48 heavy (non-hydrogen) atoms. The first kappa shape index (κ1) is 31.6. The van der Waals surface area contributed by atoms with Crippen LogP contribution < -0.4 is 4.90 Å². The Hall–Kier alpha value is -6.36. The zero-order chi connectivity index (χ0) is 33.5. The van der Waals surface area contributed by atoms with Gasteiger partial charge in [-0.15, -0.1) is 0 Å². The lowest BCUT2D eigenvalue weighted by Crippen LogP contribution is -2.14. The summed E-state index contributed by atoms with van der Waals surface area (Å²) in [4.78, 5) is 5.67. The molecule has 232 valence electrons. The van der Waals surface area contributed by atoms with Crippen molar-refractivity contribution in [3.05, 3.63) is 191 Å². The van der Waals surface area contributed by atoms with Gasteiger partial charge >= 0.3 is 0 Å². The van der Waals surface area contributed by atoms with Gasteiger partial charge in [-0.3, -0.25) is 0 Å². The van der Waals surface area contributed by atoms with Crippen LogP contribution in [0.15, 0.2) is 174 Å². The van der Waals surface area contributed by atoms with Crippen LogP contribution in [-0.2, 0) is 4.74 Å². The Morgan fingerprint density at radius 2 is 1.10 bits per heavy atom. The molecule has 0 aromatic heterocycles. The number of nitriles is 1. The van der Waals surface area contributed by atoms with Crippen molar-refractivity contribution in [2.75, 3.05) is 4.90 Å². The van der Waals surface area contributed by atoms with E-state index < -0.39 is 0 Å². The van der Waals surface area contributed by atoms with Crippen molar-refractivity contribution in [1.82, 2.24) is 0 Å². The highest BCUT2D eigenvalue weighted by molar-refractivity contribution is 5.80. The zero-order valence-corrected chi connectivity index (χ0v) is 27.3. The maximum absolute atomic E-state index is 9.49. The van der Waals surface area contributed by atoms with Gasteiger partial charge in [0.2, 0.25) is 0 Å². The normalized spacial score (nSPS) is 13.9. The Morgan fingerprint density at radius 1 is 0.646 bits per heavy atom.